The Hall–Kier alpha value is -0.850. The van der Waals surface area contributed by atoms with Gasteiger partial charge in [-0.15, -0.1) is 0 Å². The Kier molecular flexibility index (Phi) is 8.36. The van der Waals surface area contributed by atoms with Gasteiger partial charge in [0.15, 0.2) is 0 Å². The maximum absolute atomic E-state index is 12.6. The predicted octanol–water partition coefficient (Wildman–Crippen LogP) is 3.77. The summed E-state index contributed by atoms with van der Waals surface area (Å²) in [5.74, 6) is -0.754. The summed E-state index contributed by atoms with van der Waals surface area (Å²) in [5, 5.41) is 0. The van der Waals surface area contributed by atoms with E-state index in [2.05, 4.69) is 41.3 Å². The zero-order valence-electron chi connectivity index (χ0n) is 13.7. The maximum atomic E-state index is 12.6. The summed E-state index contributed by atoms with van der Waals surface area (Å²) >= 11 is 6.29. The fourth-order valence-electron chi connectivity index (χ4n) is 2.00. The van der Waals surface area contributed by atoms with Crippen LogP contribution >= 0.6 is 31.9 Å². The third-order valence-corrected chi connectivity index (χ3v) is 6.28. The van der Waals surface area contributed by atoms with Crippen LogP contribution in [0.5, 0.6) is 5.75 Å². The fourth-order valence-corrected chi connectivity index (χ4v) is 5.09. The summed E-state index contributed by atoms with van der Waals surface area (Å²) < 4.78 is 74.3. The van der Waals surface area contributed by atoms with Crippen molar-refractivity contribution in [2.45, 2.75) is 36.4 Å². The van der Waals surface area contributed by atoms with Crippen molar-refractivity contribution in [3.63, 3.8) is 0 Å². The third kappa shape index (κ3) is 6.71. The molecule has 0 aliphatic rings. The van der Waals surface area contributed by atoms with Gasteiger partial charge in [0.25, 0.3) is 0 Å². The summed E-state index contributed by atoms with van der Waals surface area (Å²) in [4.78, 5) is 11.5. The molecular formula is C14H16Br2F3NO5S. The Bertz CT molecular complexity index is 756. The monoisotopic (exact) mass is 525 g/mol. The molecule has 1 N–H and O–H groups in total. The second kappa shape index (κ2) is 9.38. The largest absolute Gasteiger partial charge is 0.496 e. The van der Waals surface area contributed by atoms with Crippen LogP contribution in [0.15, 0.2) is 26.0 Å². The highest BCUT2D eigenvalue weighted by Gasteiger charge is 2.31. The minimum atomic E-state index is -4.40. The highest BCUT2D eigenvalue weighted by molar-refractivity contribution is 9.11. The number of rotatable bonds is 8. The molecule has 26 heavy (non-hydrogen) atoms. The summed E-state index contributed by atoms with van der Waals surface area (Å²) in [7, 11) is -1.88. The zero-order valence-corrected chi connectivity index (χ0v) is 17.7. The molecule has 0 aliphatic carbocycles. The van der Waals surface area contributed by atoms with Crippen molar-refractivity contribution in [2.75, 3.05) is 14.2 Å². The van der Waals surface area contributed by atoms with Crippen molar-refractivity contribution in [1.82, 2.24) is 4.72 Å². The first-order chi connectivity index (χ1) is 11.9. The zero-order chi connectivity index (χ0) is 20.1. The number of esters is 1. The molecule has 0 amide bonds. The number of ether oxygens (including phenoxy) is 2. The van der Waals surface area contributed by atoms with Crippen molar-refractivity contribution in [2.24, 2.45) is 0 Å². The molecule has 12 heteroatoms. The number of alkyl halides is 3. The Morgan fingerprint density at radius 3 is 2.35 bits per heavy atom. The van der Waals surface area contributed by atoms with Crippen LogP contribution in [0.4, 0.5) is 13.2 Å². The highest BCUT2D eigenvalue weighted by Crippen LogP contribution is 2.34. The van der Waals surface area contributed by atoms with E-state index in [1.807, 2.05) is 0 Å². The molecule has 0 aromatic heterocycles. The average Bonchev–Trinajstić information content (AvgIpc) is 2.51. The number of benzene rings is 1. The van der Waals surface area contributed by atoms with E-state index in [9.17, 15) is 26.4 Å². The normalized spacial score (nSPS) is 13.3. The summed E-state index contributed by atoms with van der Waals surface area (Å²) in [6, 6.07) is 1.19. The Morgan fingerprint density at radius 2 is 1.85 bits per heavy atom. The Morgan fingerprint density at radius 1 is 1.23 bits per heavy atom. The molecule has 148 valence electrons. The summed E-state index contributed by atoms with van der Waals surface area (Å²) in [6.07, 6.45) is -6.34. The van der Waals surface area contributed by atoms with Gasteiger partial charge < -0.3 is 9.47 Å². The number of halogens is 5. The van der Waals surface area contributed by atoms with Crippen LogP contribution in [0.25, 0.3) is 0 Å². The lowest BCUT2D eigenvalue weighted by Gasteiger charge is -2.18. The first-order valence-corrected chi connectivity index (χ1v) is 10.2. The molecule has 0 spiro atoms. The van der Waals surface area contributed by atoms with E-state index < -0.39 is 41.1 Å². The van der Waals surface area contributed by atoms with Gasteiger partial charge in [-0.25, -0.2) is 8.42 Å². The SMILES string of the molecule is COC(=O)[C@@H](CCCC(F)(F)F)NS(=O)(=O)c1cc(OC)c(Br)cc1Br. The van der Waals surface area contributed by atoms with Crippen molar-refractivity contribution in [1.29, 1.82) is 0 Å². The molecule has 1 rings (SSSR count). The van der Waals surface area contributed by atoms with Crippen LogP contribution in [0.3, 0.4) is 0 Å². The predicted molar refractivity (Wildman–Crippen MR) is 94.4 cm³/mol. The molecule has 1 aromatic rings. The van der Waals surface area contributed by atoms with Crippen LogP contribution in [0.2, 0.25) is 0 Å². The summed E-state index contributed by atoms with van der Waals surface area (Å²) in [5.41, 5.74) is 0. The topological polar surface area (TPSA) is 81.7 Å². The van der Waals surface area contributed by atoms with Crippen LogP contribution in [-0.4, -0.2) is 40.8 Å². The van der Waals surface area contributed by atoms with Crippen molar-refractivity contribution < 1.29 is 35.9 Å². The Labute approximate surface area is 165 Å². The van der Waals surface area contributed by atoms with Gasteiger partial charge in [0.1, 0.15) is 11.8 Å². The number of carbonyl (C=O) groups is 1. The van der Waals surface area contributed by atoms with Crippen molar-refractivity contribution in [3.05, 3.63) is 21.1 Å². The van der Waals surface area contributed by atoms with Gasteiger partial charge in [-0.05, 0) is 50.8 Å². The van der Waals surface area contributed by atoms with Crippen molar-refractivity contribution >= 4 is 47.9 Å². The van der Waals surface area contributed by atoms with Gasteiger partial charge in [0, 0.05) is 17.0 Å². The second-order valence-corrected chi connectivity index (χ2v) is 8.51. The molecule has 0 bridgehead atoms. The van der Waals surface area contributed by atoms with Crippen LogP contribution in [0, 0.1) is 0 Å². The molecule has 6 nitrogen and oxygen atoms in total. The Balaban J connectivity index is 3.07. The van der Waals surface area contributed by atoms with Gasteiger partial charge in [-0.2, -0.15) is 17.9 Å². The number of carbonyl (C=O) groups excluding carboxylic acids is 1. The van der Waals surface area contributed by atoms with E-state index in [1.54, 1.807) is 0 Å². The molecule has 0 saturated heterocycles. The molecule has 1 atom stereocenters. The molecule has 0 unspecified atom stereocenters. The quantitative estimate of drug-likeness (QED) is 0.521. The fraction of sp³-hybridized carbons (Fsp3) is 0.500. The van der Waals surface area contributed by atoms with Gasteiger partial charge in [-0.1, -0.05) is 0 Å². The third-order valence-electron chi connectivity index (χ3n) is 3.23. The first kappa shape index (κ1) is 23.2. The molecule has 1 aromatic carbocycles. The van der Waals surface area contributed by atoms with Gasteiger partial charge in [0.05, 0.1) is 23.6 Å². The second-order valence-electron chi connectivity index (χ2n) is 5.12. The maximum Gasteiger partial charge on any atom is 0.389 e. The van der Waals surface area contributed by atoms with E-state index in [4.69, 9.17) is 4.74 Å². The molecular weight excluding hydrogens is 511 g/mol. The summed E-state index contributed by atoms with van der Waals surface area (Å²) in [6.45, 7) is 0. The number of hydrogen-bond donors (Lipinski definition) is 1. The van der Waals surface area contributed by atoms with E-state index in [0.29, 0.717) is 4.47 Å². The lowest BCUT2D eigenvalue weighted by atomic mass is 10.1. The van der Waals surface area contributed by atoms with Crippen LogP contribution in [0.1, 0.15) is 19.3 Å². The van der Waals surface area contributed by atoms with E-state index in [1.165, 1.54) is 19.2 Å². The van der Waals surface area contributed by atoms with Crippen LogP contribution < -0.4 is 9.46 Å². The molecule has 0 heterocycles. The average molecular weight is 527 g/mol. The minimum absolute atomic E-state index is 0.177. The first-order valence-electron chi connectivity index (χ1n) is 7.11. The molecule has 0 aliphatic heterocycles. The molecule has 0 radical (unpaired) electrons. The number of nitrogens with one attached hydrogen (secondary N) is 1. The highest BCUT2D eigenvalue weighted by atomic mass is 79.9. The molecule has 0 fully saturated rings. The van der Waals surface area contributed by atoms with E-state index >= 15 is 0 Å². The van der Waals surface area contributed by atoms with Gasteiger partial charge in [0.2, 0.25) is 10.0 Å². The smallest absolute Gasteiger partial charge is 0.389 e. The molecule has 0 saturated carbocycles. The van der Waals surface area contributed by atoms with Crippen molar-refractivity contribution in [3.8, 4) is 5.75 Å². The van der Waals surface area contributed by atoms with E-state index in [0.717, 1.165) is 7.11 Å². The van der Waals surface area contributed by atoms with Gasteiger partial charge >= 0.3 is 12.1 Å². The lowest BCUT2D eigenvalue weighted by molar-refractivity contribution is -0.145. The lowest BCUT2D eigenvalue weighted by Crippen LogP contribution is -2.41. The standard InChI is InChI=1S/C14H16Br2F3NO5S/c1-24-11-7-12(9(16)6-8(11)15)26(22,23)20-10(13(21)25-2)4-3-5-14(17,18)19/h6-7,10,20H,3-5H2,1-2H3/t10-/m1/s1. The number of methoxy groups -OCH3 is 2. The van der Waals surface area contributed by atoms with Crippen LogP contribution in [-0.2, 0) is 19.6 Å². The minimum Gasteiger partial charge on any atom is -0.496 e. The van der Waals surface area contributed by atoms with E-state index in [-0.39, 0.29) is 21.5 Å². The number of hydrogen-bond acceptors (Lipinski definition) is 5. The number of sulfonamides is 1. The van der Waals surface area contributed by atoms with Gasteiger partial charge in [-0.3, -0.25) is 4.79 Å².